The van der Waals surface area contributed by atoms with E-state index in [9.17, 15) is 45.6 Å². The fourth-order valence-electron chi connectivity index (χ4n) is 6.73. The van der Waals surface area contributed by atoms with Crippen LogP contribution in [0.2, 0.25) is 0 Å². The molecule has 2 heterocycles. The van der Waals surface area contributed by atoms with Gasteiger partial charge in [0.2, 0.25) is 5.91 Å². The van der Waals surface area contributed by atoms with Gasteiger partial charge < -0.3 is 65.1 Å². The standard InChI is InChI=1S/C42H75NO13/c1-3-5-7-9-11-12-13-14-15-16-17-18-19-20-22-24-26-34(47)43-30(31(46)25-23-21-10-8-6-4-2)29-53-41-39(52)37(50)40(33(28-45)55-41)56-42-38(51)36(49)35(48)32(27-44)54-42/h12-13,15-16,23,25,30-33,35-42,44-46,48-52H,3-11,14,17-22,24,26-29H2,1-2H3,(H,43,47)/b13-12-,16-15-,25-23+. The minimum Gasteiger partial charge on any atom is -0.394 e. The van der Waals surface area contributed by atoms with Crippen molar-refractivity contribution in [3.05, 3.63) is 36.5 Å². The van der Waals surface area contributed by atoms with Crippen LogP contribution in [0.1, 0.15) is 129 Å². The number of hydrogen-bond donors (Lipinski definition) is 9. The van der Waals surface area contributed by atoms with Crippen LogP contribution in [-0.4, -0.2) is 140 Å². The third-order valence-corrected chi connectivity index (χ3v) is 10.3. The maximum Gasteiger partial charge on any atom is 0.220 e. The smallest absolute Gasteiger partial charge is 0.220 e. The highest BCUT2D eigenvalue weighted by molar-refractivity contribution is 5.76. The van der Waals surface area contributed by atoms with Gasteiger partial charge in [0.1, 0.15) is 48.8 Å². The molecule has 2 fully saturated rings. The van der Waals surface area contributed by atoms with E-state index in [0.717, 1.165) is 77.0 Å². The van der Waals surface area contributed by atoms with Crippen molar-refractivity contribution < 1.29 is 64.6 Å². The molecule has 2 saturated heterocycles. The van der Waals surface area contributed by atoms with E-state index in [1.165, 1.54) is 25.7 Å². The first-order chi connectivity index (χ1) is 27.1. The van der Waals surface area contributed by atoms with E-state index in [-0.39, 0.29) is 18.9 Å². The second kappa shape index (κ2) is 30.3. The summed E-state index contributed by atoms with van der Waals surface area (Å²) in [6.45, 7) is 2.62. The summed E-state index contributed by atoms with van der Waals surface area (Å²) in [5, 5.41) is 85.9. The molecule has 2 aliphatic heterocycles. The summed E-state index contributed by atoms with van der Waals surface area (Å²) < 4.78 is 22.5. The molecular formula is C42H75NO13. The fourth-order valence-corrected chi connectivity index (χ4v) is 6.73. The molecule has 0 aromatic carbocycles. The number of ether oxygens (including phenoxy) is 4. The number of aliphatic hydroxyl groups excluding tert-OH is 8. The molecule has 9 N–H and O–H groups in total. The number of nitrogens with one attached hydrogen (secondary N) is 1. The molecule has 1 amide bonds. The molecule has 12 atom stereocenters. The first-order valence-electron chi connectivity index (χ1n) is 21.2. The van der Waals surface area contributed by atoms with Gasteiger partial charge >= 0.3 is 0 Å². The maximum atomic E-state index is 13.0. The zero-order valence-electron chi connectivity index (χ0n) is 33.9. The molecule has 0 spiro atoms. The van der Waals surface area contributed by atoms with Gasteiger partial charge in [-0.3, -0.25) is 4.79 Å². The van der Waals surface area contributed by atoms with E-state index in [4.69, 9.17) is 18.9 Å². The maximum absolute atomic E-state index is 13.0. The fraction of sp³-hybridized carbons (Fsp3) is 0.833. The molecule has 56 heavy (non-hydrogen) atoms. The Labute approximate surface area is 334 Å². The second-order valence-electron chi connectivity index (χ2n) is 15.1. The van der Waals surface area contributed by atoms with Crippen molar-refractivity contribution >= 4 is 5.91 Å². The van der Waals surface area contributed by atoms with Gasteiger partial charge in [0, 0.05) is 6.42 Å². The van der Waals surface area contributed by atoms with Crippen molar-refractivity contribution in [3.63, 3.8) is 0 Å². The lowest BCUT2D eigenvalue weighted by atomic mass is 9.97. The molecule has 2 rings (SSSR count). The van der Waals surface area contributed by atoms with Gasteiger partial charge in [0.15, 0.2) is 12.6 Å². The van der Waals surface area contributed by atoms with Gasteiger partial charge in [-0.15, -0.1) is 0 Å². The summed E-state index contributed by atoms with van der Waals surface area (Å²) in [6.07, 6.45) is 13.8. The Morgan fingerprint density at radius 2 is 1.18 bits per heavy atom. The quantitative estimate of drug-likeness (QED) is 0.0376. The Morgan fingerprint density at radius 3 is 1.79 bits per heavy atom. The van der Waals surface area contributed by atoms with Crippen LogP contribution in [0.3, 0.4) is 0 Å². The van der Waals surface area contributed by atoms with E-state index in [1.807, 2.05) is 6.08 Å². The molecule has 0 aliphatic carbocycles. The summed E-state index contributed by atoms with van der Waals surface area (Å²) in [5.74, 6) is -0.262. The van der Waals surface area contributed by atoms with Crippen molar-refractivity contribution in [2.75, 3.05) is 19.8 Å². The Balaban J connectivity index is 1.87. The normalized spacial score (nSPS) is 29.8. The third kappa shape index (κ3) is 18.9. The van der Waals surface area contributed by atoms with Crippen molar-refractivity contribution in [2.24, 2.45) is 0 Å². The number of aliphatic hydroxyl groups is 8. The van der Waals surface area contributed by atoms with E-state index >= 15 is 0 Å². The number of rotatable bonds is 30. The monoisotopic (exact) mass is 802 g/mol. The average Bonchev–Trinajstić information content (AvgIpc) is 3.19. The van der Waals surface area contributed by atoms with Crippen molar-refractivity contribution in [1.82, 2.24) is 5.32 Å². The van der Waals surface area contributed by atoms with Gasteiger partial charge in [-0.25, -0.2) is 0 Å². The topological polar surface area (TPSA) is 228 Å². The number of hydrogen-bond acceptors (Lipinski definition) is 13. The predicted molar refractivity (Wildman–Crippen MR) is 212 cm³/mol. The van der Waals surface area contributed by atoms with Gasteiger partial charge in [0.25, 0.3) is 0 Å². The van der Waals surface area contributed by atoms with Crippen LogP contribution in [0.15, 0.2) is 36.5 Å². The summed E-state index contributed by atoms with van der Waals surface area (Å²) in [4.78, 5) is 13.0. The average molecular weight is 802 g/mol. The Kier molecular flexibility index (Phi) is 27.2. The number of carbonyl (C=O) groups excluding carboxylic acids is 1. The van der Waals surface area contributed by atoms with Gasteiger partial charge in [-0.2, -0.15) is 0 Å². The molecule has 14 heteroatoms. The molecule has 0 aromatic heterocycles. The Hall–Kier alpha value is -1.79. The molecule has 0 aromatic rings. The van der Waals surface area contributed by atoms with Crippen molar-refractivity contribution in [2.45, 2.75) is 203 Å². The number of carbonyl (C=O) groups is 1. The Morgan fingerprint density at radius 1 is 0.643 bits per heavy atom. The lowest BCUT2D eigenvalue weighted by Gasteiger charge is -2.46. The van der Waals surface area contributed by atoms with Crippen LogP contribution in [0.4, 0.5) is 0 Å². The highest BCUT2D eigenvalue weighted by Crippen LogP contribution is 2.29. The second-order valence-corrected chi connectivity index (χ2v) is 15.1. The van der Waals surface area contributed by atoms with Crippen LogP contribution < -0.4 is 5.32 Å². The van der Waals surface area contributed by atoms with E-state index in [2.05, 4.69) is 43.5 Å². The van der Waals surface area contributed by atoms with Gasteiger partial charge in [0.05, 0.1) is 32.0 Å². The van der Waals surface area contributed by atoms with Crippen molar-refractivity contribution in [3.8, 4) is 0 Å². The molecular weight excluding hydrogens is 726 g/mol. The summed E-state index contributed by atoms with van der Waals surface area (Å²) in [6, 6.07) is -0.916. The highest BCUT2D eigenvalue weighted by atomic mass is 16.7. The van der Waals surface area contributed by atoms with Crippen LogP contribution in [-0.2, 0) is 23.7 Å². The van der Waals surface area contributed by atoms with Gasteiger partial charge in [-0.1, -0.05) is 108 Å². The van der Waals surface area contributed by atoms with E-state index in [1.54, 1.807) is 6.08 Å². The molecule has 0 bridgehead atoms. The molecule has 2 aliphatic rings. The molecule has 326 valence electrons. The lowest BCUT2D eigenvalue weighted by molar-refractivity contribution is -0.359. The van der Waals surface area contributed by atoms with Crippen molar-refractivity contribution in [1.29, 1.82) is 0 Å². The molecule has 14 nitrogen and oxygen atoms in total. The Bertz CT molecular complexity index is 1090. The van der Waals surface area contributed by atoms with Crippen LogP contribution in [0.5, 0.6) is 0 Å². The van der Waals surface area contributed by atoms with E-state index < -0.39 is 86.8 Å². The third-order valence-electron chi connectivity index (χ3n) is 10.3. The van der Waals surface area contributed by atoms with Gasteiger partial charge in [-0.05, 0) is 51.4 Å². The lowest BCUT2D eigenvalue weighted by Crippen LogP contribution is -2.65. The molecule has 0 radical (unpaired) electrons. The number of amides is 1. The van der Waals surface area contributed by atoms with Crippen LogP contribution in [0.25, 0.3) is 0 Å². The molecule has 12 unspecified atom stereocenters. The highest BCUT2D eigenvalue weighted by Gasteiger charge is 2.50. The van der Waals surface area contributed by atoms with Crippen LogP contribution >= 0.6 is 0 Å². The summed E-state index contributed by atoms with van der Waals surface area (Å²) in [5.41, 5.74) is 0. The summed E-state index contributed by atoms with van der Waals surface area (Å²) >= 11 is 0. The largest absolute Gasteiger partial charge is 0.394 e. The SMILES string of the molecule is CCCCCC/C=C\C/C=C\CCCCCCCC(=O)NC(COC1OC(CO)C(OC2OC(CO)C(O)C(O)C2O)C(O)C1O)C(O)/C=C/CCCCCC. The minimum atomic E-state index is -1.79. The number of unbranched alkanes of at least 4 members (excludes halogenated alkanes) is 13. The zero-order chi connectivity index (χ0) is 41.1. The molecule has 0 saturated carbocycles. The summed E-state index contributed by atoms with van der Waals surface area (Å²) in [7, 11) is 0. The first kappa shape index (κ1) is 50.4. The van der Waals surface area contributed by atoms with E-state index in [0.29, 0.717) is 6.42 Å². The zero-order valence-corrected chi connectivity index (χ0v) is 33.9. The number of allylic oxidation sites excluding steroid dienone is 5. The first-order valence-corrected chi connectivity index (χ1v) is 21.2. The van der Waals surface area contributed by atoms with Crippen LogP contribution in [0, 0.1) is 0 Å². The predicted octanol–water partition coefficient (Wildman–Crippen LogP) is 3.20. The minimum absolute atomic E-state index is 0.262.